The minimum Gasteiger partial charge on any atom is -0.444 e. The van der Waals surface area contributed by atoms with E-state index < -0.39 is 5.60 Å². The Morgan fingerprint density at radius 2 is 2.14 bits per heavy atom. The largest absolute Gasteiger partial charge is 0.444 e. The molecule has 21 heavy (non-hydrogen) atoms. The highest BCUT2D eigenvalue weighted by Crippen LogP contribution is 2.33. The summed E-state index contributed by atoms with van der Waals surface area (Å²) >= 11 is 2.30. The topological polar surface area (TPSA) is 41.6 Å². The number of amides is 1. The Morgan fingerprint density at radius 3 is 2.81 bits per heavy atom. The van der Waals surface area contributed by atoms with Crippen molar-refractivity contribution in [3.05, 3.63) is 29.8 Å². The fourth-order valence-electron chi connectivity index (χ4n) is 2.36. The number of hydrogen-bond acceptors (Lipinski definition) is 4. The van der Waals surface area contributed by atoms with Gasteiger partial charge in [0, 0.05) is 42.9 Å². The normalized spacial score (nSPS) is 18.7. The van der Waals surface area contributed by atoms with Crippen molar-refractivity contribution in [3.8, 4) is 0 Å². The number of carbonyl (C=O) groups excluding carboxylic acids is 1. The Bertz CT molecular complexity index is 505. The molecular formula is C15H21IN2O2S. The van der Waals surface area contributed by atoms with Crippen molar-refractivity contribution in [3.63, 3.8) is 0 Å². The zero-order chi connectivity index (χ0) is 15.5. The van der Waals surface area contributed by atoms with Gasteiger partial charge in [0.1, 0.15) is 5.60 Å². The highest BCUT2D eigenvalue weighted by molar-refractivity contribution is 14.2. The Hall–Kier alpha value is -0.630. The van der Waals surface area contributed by atoms with Crippen molar-refractivity contribution in [2.24, 2.45) is 0 Å². The number of para-hydroxylation sites is 1. The summed E-state index contributed by atoms with van der Waals surface area (Å²) < 4.78 is 7.62. The molecule has 4 nitrogen and oxygen atoms in total. The van der Waals surface area contributed by atoms with Gasteiger partial charge in [-0.15, -0.1) is 0 Å². The molecule has 1 aliphatic heterocycles. The molecule has 0 aliphatic carbocycles. The highest BCUT2D eigenvalue weighted by atomic mass is 127. The lowest BCUT2D eigenvalue weighted by Crippen LogP contribution is -2.40. The van der Waals surface area contributed by atoms with Gasteiger partial charge in [-0.05, 0) is 45.2 Å². The van der Waals surface area contributed by atoms with E-state index in [0.717, 1.165) is 19.4 Å². The number of halogens is 1. The Morgan fingerprint density at radius 1 is 1.43 bits per heavy atom. The summed E-state index contributed by atoms with van der Waals surface area (Å²) in [6, 6.07) is 8.47. The van der Waals surface area contributed by atoms with Crippen molar-refractivity contribution >= 4 is 42.1 Å². The zero-order valence-electron chi connectivity index (χ0n) is 12.6. The van der Waals surface area contributed by atoms with Gasteiger partial charge in [0.2, 0.25) is 0 Å². The molecule has 0 saturated carbocycles. The summed E-state index contributed by atoms with van der Waals surface area (Å²) in [7, 11) is 1.69. The fourth-order valence-corrected chi connectivity index (χ4v) is 4.01. The van der Waals surface area contributed by atoms with Gasteiger partial charge < -0.3 is 14.4 Å². The SMILES string of the molecule is CC(C)(C)OC(=O)NC1CCN(SI)c2ccccc2C1. The first-order valence-electron chi connectivity index (χ1n) is 7.03. The van der Waals surface area contributed by atoms with Crippen LogP contribution in [0.25, 0.3) is 0 Å². The first kappa shape index (κ1) is 16.7. The van der Waals surface area contributed by atoms with Crippen molar-refractivity contribution in [1.29, 1.82) is 0 Å². The van der Waals surface area contributed by atoms with Crippen molar-refractivity contribution < 1.29 is 9.53 Å². The molecule has 1 N–H and O–H groups in total. The van der Waals surface area contributed by atoms with Gasteiger partial charge in [-0.1, -0.05) is 18.2 Å². The summed E-state index contributed by atoms with van der Waals surface area (Å²) in [5.74, 6) is 0. The molecule has 1 atom stereocenters. The van der Waals surface area contributed by atoms with Gasteiger partial charge in [0.25, 0.3) is 0 Å². The maximum atomic E-state index is 11.9. The molecule has 1 aromatic carbocycles. The Kier molecular flexibility index (Phi) is 5.65. The minimum atomic E-state index is -0.461. The molecule has 0 fully saturated rings. The monoisotopic (exact) mass is 420 g/mol. The standard InChI is InChI=1S/C15H21IN2O2S/c1-15(2,3)20-14(19)17-12-8-9-18(21-16)13-7-5-4-6-11(13)10-12/h4-7,12H,8-10H2,1-3H3,(H,17,19). The summed E-state index contributed by atoms with van der Waals surface area (Å²) in [6.07, 6.45) is 1.41. The molecule has 6 heteroatoms. The van der Waals surface area contributed by atoms with E-state index >= 15 is 0 Å². The summed E-state index contributed by atoms with van der Waals surface area (Å²) in [6.45, 7) is 6.54. The van der Waals surface area contributed by atoms with Gasteiger partial charge in [-0.25, -0.2) is 4.79 Å². The van der Waals surface area contributed by atoms with E-state index in [-0.39, 0.29) is 12.1 Å². The lowest BCUT2D eigenvalue weighted by molar-refractivity contribution is 0.0503. The van der Waals surface area contributed by atoms with Crippen LogP contribution in [0.15, 0.2) is 24.3 Å². The molecule has 0 radical (unpaired) electrons. The molecule has 0 spiro atoms. The average Bonchev–Trinajstić information content (AvgIpc) is 2.55. The minimum absolute atomic E-state index is 0.106. The second-order valence-electron chi connectivity index (χ2n) is 6.14. The van der Waals surface area contributed by atoms with E-state index in [4.69, 9.17) is 4.74 Å². The van der Waals surface area contributed by atoms with Gasteiger partial charge in [-0.2, -0.15) is 0 Å². The van der Waals surface area contributed by atoms with Crippen LogP contribution in [0.4, 0.5) is 10.5 Å². The second kappa shape index (κ2) is 7.09. The number of rotatable bonds is 2. The number of hydrogen-bond donors (Lipinski definition) is 1. The van der Waals surface area contributed by atoms with Crippen molar-refractivity contribution in [2.45, 2.75) is 45.3 Å². The van der Waals surface area contributed by atoms with Crippen molar-refractivity contribution in [2.75, 3.05) is 10.8 Å². The van der Waals surface area contributed by atoms with E-state index in [1.165, 1.54) is 11.3 Å². The molecular weight excluding hydrogens is 399 g/mol. The highest BCUT2D eigenvalue weighted by Gasteiger charge is 2.24. The molecule has 2 rings (SSSR count). The van der Waals surface area contributed by atoms with Gasteiger partial charge >= 0.3 is 6.09 Å². The van der Waals surface area contributed by atoms with Gasteiger partial charge in [-0.3, -0.25) is 0 Å². The molecule has 1 heterocycles. The van der Waals surface area contributed by atoms with Crippen LogP contribution in [0.1, 0.15) is 32.8 Å². The predicted molar refractivity (Wildman–Crippen MR) is 96.9 cm³/mol. The van der Waals surface area contributed by atoms with Crippen LogP contribution in [-0.4, -0.2) is 24.3 Å². The summed E-state index contributed by atoms with van der Waals surface area (Å²) in [5, 5.41) is 3.00. The molecule has 0 aromatic heterocycles. The Balaban J connectivity index is 2.06. The Labute approximate surface area is 142 Å². The number of ether oxygens (including phenoxy) is 1. The molecule has 0 saturated heterocycles. The number of nitrogens with zero attached hydrogens (tertiary/aromatic N) is 1. The van der Waals surface area contributed by atoms with Gasteiger partial charge in [0.05, 0.1) is 5.69 Å². The molecule has 116 valence electrons. The number of anilines is 1. The number of carbonyl (C=O) groups is 1. The van der Waals surface area contributed by atoms with E-state index in [1.807, 2.05) is 26.8 Å². The summed E-state index contributed by atoms with van der Waals surface area (Å²) in [4.78, 5) is 11.9. The molecule has 1 amide bonds. The van der Waals surface area contributed by atoms with Crippen LogP contribution in [0.3, 0.4) is 0 Å². The van der Waals surface area contributed by atoms with Crippen LogP contribution in [-0.2, 0) is 11.2 Å². The van der Waals surface area contributed by atoms with Crippen molar-refractivity contribution in [1.82, 2.24) is 5.32 Å². The molecule has 1 aromatic rings. The average molecular weight is 420 g/mol. The van der Waals surface area contributed by atoms with E-state index in [0.29, 0.717) is 0 Å². The predicted octanol–water partition coefficient (Wildman–Crippen LogP) is 4.33. The smallest absolute Gasteiger partial charge is 0.407 e. The van der Waals surface area contributed by atoms with Crippen LogP contribution in [0.2, 0.25) is 0 Å². The first-order valence-corrected chi connectivity index (χ1v) is 10.3. The van der Waals surface area contributed by atoms with Crippen LogP contribution in [0.5, 0.6) is 0 Å². The number of fused-ring (bicyclic) bond motifs is 1. The maximum Gasteiger partial charge on any atom is 0.407 e. The zero-order valence-corrected chi connectivity index (χ0v) is 15.5. The van der Waals surface area contributed by atoms with E-state index in [2.05, 4.69) is 49.0 Å². The lowest BCUT2D eigenvalue weighted by Gasteiger charge is -2.23. The summed E-state index contributed by atoms with van der Waals surface area (Å²) in [5.41, 5.74) is 2.04. The third-order valence-corrected chi connectivity index (χ3v) is 5.18. The van der Waals surface area contributed by atoms with Crippen LogP contribution >= 0.6 is 30.3 Å². The van der Waals surface area contributed by atoms with Crippen LogP contribution < -0.4 is 9.62 Å². The second-order valence-corrected chi connectivity index (χ2v) is 7.90. The number of nitrogens with one attached hydrogen (secondary N) is 1. The number of benzene rings is 1. The van der Waals surface area contributed by atoms with Gasteiger partial charge in [0.15, 0.2) is 0 Å². The van der Waals surface area contributed by atoms with E-state index in [1.54, 1.807) is 9.12 Å². The molecule has 0 bridgehead atoms. The number of alkyl carbamates (subject to hydrolysis) is 1. The van der Waals surface area contributed by atoms with E-state index in [9.17, 15) is 4.79 Å². The third-order valence-electron chi connectivity index (χ3n) is 3.21. The third kappa shape index (κ3) is 4.95. The lowest BCUT2D eigenvalue weighted by atomic mass is 10.0. The van der Waals surface area contributed by atoms with Crippen LogP contribution in [0, 0.1) is 0 Å². The fraction of sp³-hybridized carbons (Fsp3) is 0.533. The quantitative estimate of drug-likeness (QED) is 0.571. The molecule has 1 unspecified atom stereocenters. The molecule has 1 aliphatic rings. The maximum absolute atomic E-state index is 11.9. The first-order chi connectivity index (χ1) is 9.89.